The summed E-state index contributed by atoms with van der Waals surface area (Å²) < 4.78 is 0. The van der Waals surface area contributed by atoms with Crippen LogP contribution in [0.25, 0.3) is 0 Å². The van der Waals surface area contributed by atoms with E-state index in [1.54, 1.807) is 13.2 Å². The normalized spacial score (nSPS) is 16.2. The second kappa shape index (κ2) is 5.97. The molecule has 5 nitrogen and oxygen atoms in total. The van der Waals surface area contributed by atoms with Gasteiger partial charge < -0.3 is 16.0 Å². The van der Waals surface area contributed by atoms with E-state index in [-0.39, 0.29) is 11.8 Å². The molecule has 0 unspecified atom stereocenters. The number of pyridine rings is 1. The molecule has 2 rings (SSSR count). The molecule has 1 amide bonds. The minimum Gasteiger partial charge on any atom is -0.388 e. The lowest BCUT2D eigenvalue weighted by atomic mass is 9.95. The molecule has 0 saturated carbocycles. The Labute approximate surface area is 118 Å². The van der Waals surface area contributed by atoms with E-state index >= 15 is 0 Å². The van der Waals surface area contributed by atoms with Crippen LogP contribution in [-0.2, 0) is 4.79 Å². The lowest BCUT2D eigenvalue weighted by Crippen LogP contribution is -2.40. The number of carbonyl (C=O) groups is 1. The fraction of sp³-hybridized carbons (Fsp3) is 0.462. The van der Waals surface area contributed by atoms with E-state index in [2.05, 4.69) is 15.2 Å². The molecule has 1 fully saturated rings. The molecule has 1 aliphatic heterocycles. The smallest absolute Gasteiger partial charge is 0.222 e. The number of amides is 1. The molecule has 0 aromatic carbocycles. The van der Waals surface area contributed by atoms with Crippen molar-refractivity contribution < 1.29 is 4.79 Å². The molecular weight excluding hydrogens is 260 g/mol. The molecule has 2 heterocycles. The van der Waals surface area contributed by atoms with Gasteiger partial charge in [0.05, 0.1) is 5.69 Å². The van der Waals surface area contributed by atoms with Gasteiger partial charge in [-0.05, 0) is 25.0 Å². The van der Waals surface area contributed by atoms with Crippen LogP contribution in [0.2, 0.25) is 0 Å². The Morgan fingerprint density at radius 1 is 1.53 bits per heavy atom. The van der Waals surface area contributed by atoms with Crippen LogP contribution in [0.4, 0.5) is 5.69 Å². The lowest BCUT2D eigenvalue weighted by molar-refractivity contribution is -0.125. The molecule has 0 atom stereocenters. The van der Waals surface area contributed by atoms with Crippen LogP contribution in [0.15, 0.2) is 18.3 Å². The number of anilines is 1. The van der Waals surface area contributed by atoms with Gasteiger partial charge in [-0.25, -0.2) is 0 Å². The van der Waals surface area contributed by atoms with Crippen molar-refractivity contribution in [3.63, 3.8) is 0 Å². The molecule has 0 spiro atoms. The molecular formula is C13H18N4OS. The van der Waals surface area contributed by atoms with Gasteiger partial charge in [0.15, 0.2) is 0 Å². The van der Waals surface area contributed by atoms with Crippen LogP contribution < -0.4 is 16.0 Å². The molecule has 0 radical (unpaired) electrons. The van der Waals surface area contributed by atoms with E-state index < -0.39 is 0 Å². The van der Waals surface area contributed by atoms with Gasteiger partial charge in [-0.2, -0.15) is 0 Å². The molecule has 1 saturated heterocycles. The summed E-state index contributed by atoms with van der Waals surface area (Å²) in [7, 11) is 1.68. The summed E-state index contributed by atoms with van der Waals surface area (Å²) in [5.74, 6) is 0.228. The first-order valence-electron chi connectivity index (χ1n) is 6.35. The van der Waals surface area contributed by atoms with Gasteiger partial charge in [-0.15, -0.1) is 0 Å². The van der Waals surface area contributed by atoms with E-state index in [1.807, 2.05) is 12.1 Å². The molecule has 102 valence electrons. The molecule has 0 aliphatic carbocycles. The maximum Gasteiger partial charge on any atom is 0.222 e. The van der Waals surface area contributed by atoms with Crippen molar-refractivity contribution in [3.05, 3.63) is 24.0 Å². The maximum atomic E-state index is 11.6. The fourth-order valence-corrected chi connectivity index (χ4v) is 2.59. The van der Waals surface area contributed by atoms with Crippen molar-refractivity contribution in [1.82, 2.24) is 10.3 Å². The van der Waals surface area contributed by atoms with Crippen LogP contribution in [0.1, 0.15) is 18.5 Å². The minimum atomic E-state index is 0.103. The maximum absolute atomic E-state index is 11.6. The summed E-state index contributed by atoms with van der Waals surface area (Å²) >= 11 is 5.03. The van der Waals surface area contributed by atoms with Gasteiger partial charge in [0, 0.05) is 32.3 Å². The van der Waals surface area contributed by atoms with E-state index in [9.17, 15) is 4.79 Å². The Morgan fingerprint density at radius 3 is 2.79 bits per heavy atom. The third kappa shape index (κ3) is 3.01. The third-order valence-corrected chi connectivity index (χ3v) is 3.67. The fourth-order valence-electron chi connectivity index (χ4n) is 2.43. The quantitative estimate of drug-likeness (QED) is 0.796. The Kier molecular flexibility index (Phi) is 4.31. The molecule has 19 heavy (non-hydrogen) atoms. The SMILES string of the molecule is CNC(=O)C1CCN(c2cccnc2C(N)=S)CC1. The van der Waals surface area contributed by atoms with Crippen molar-refractivity contribution in [2.45, 2.75) is 12.8 Å². The topological polar surface area (TPSA) is 71.2 Å². The predicted molar refractivity (Wildman–Crippen MR) is 79.1 cm³/mol. The summed E-state index contributed by atoms with van der Waals surface area (Å²) in [6.45, 7) is 1.64. The molecule has 1 aromatic heterocycles. The highest BCUT2D eigenvalue weighted by molar-refractivity contribution is 7.80. The average molecular weight is 278 g/mol. The van der Waals surface area contributed by atoms with Crippen molar-refractivity contribution in [3.8, 4) is 0 Å². The zero-order valence-corrected chi connectivity index (χ0v) is 11.7. The zero-order valence-electron chi connectivity index (χ0n) is 10.9. The zero-order chi connectivity index (χ0) is 13.8. The van der Waals surface area contributed by atoms with Gasteiger partial charge >= 0.3 is 0 Å². The van der Waals surface area contributed by atoms with Crippen LogP contribution >= 0.6 is 12.2 Å². The number of hydrogen-bond donors (Lipinski definition) is 2. The van der Waals surface area contributed by atoms with Crippen LogP contribution in [0.3, 0.4) is 0 Å². The highest BCUT2D eigenvalue weighted by Crippen LogP contribution is 2.25. The van der Waals surface area contributed by atoms with Crippen molar-refractivity contribution in [2.24, 2.45) is 11.7 Å². The number of aromatic nitrogens is 1. The average Bonchev–Trinajstić information content (AvgIpc) is 2.46. The van der Waals surface area contributed by atoms with Gasteiger partial charge in [-0.3, -0.25) is 9.78 Å². The Hall–Kier alpha value is -1.69. The first kappa shape index (κ1) is 13.7. The Morgan fingerprint density at radius 2 is 2.21 bits per heavy atom. The lowest BCUT2D eigenvalue weighted by Gasteiger charge is -2.33. The summed E-state index contributed by atoms with van der Waals surface area (Å²) in [6, 6.07) is 3.85. The molecule has 3 N–H and O–H groups in total. The Bertz CT molecular complexity index is 483. The van der Waals surface area contributed by atoms with E-state index in [0.717, 1.165) is 31.6 Å². The van der Waals surface area contributed by atoms with Crippen molar-refractivity contribution in [1.29, 1.82) is 0 Å². The largest absolute Gasteiger partial charge is 0.388 e. The number of nitrogens with one attached hydrogen (secondary N) is 1. The molecule has 1 aliphatic rings. The third-order valence-electron chi connectivity index (χ3n) is 3.47. The number of rotatable bonds is 3. The molecule has 0 bridgehead atoms. The number of carbonyl (C=O) groups excluding carboxylic acids is 1. The van der Waals surface area contributed by atoms with Crippen molar-refractivity contribution in [2.75, 3.05) is 25.0 Å². The van der Waals surface area contributed by atoms with Gasteiger partial charge in [-0.1, -0.05) is 12.2 Å². The van der Waals surface area contributed by atoms with Gasteiger partial charge in [0.25, 0.3) is 0 Å². The van der Waals surface area contributed by atoms with Crippen molar-refractivity contribution >= 4 is 28.8 Å². The standard InChI is InChI=1S/C13H18N4OS/c1-15-13(18)9-4-7-17(8-5-9)10-3-2-6-16-11(10)12(14)19/h2-3,6,9H,4-5,7-8H2,1H3,(H2,14,19)(H,15,18). The predicted octanol–water partition coefficient (Wildman–Crippen LogP) is 0.678. The first-order chi connectivity index (χ1) is 9.13. The number of hydrogen-bond acceptors (Lipinski definition) is 4. The first-order valence-corrected chi connectivity index (χ1v) is 6.75. The van der Waals surface area contributed by atoms with Crippen LogP contribution in [0, 0.1) is 5.92 Å². The summed E-state index contributed by atoms with van der Waals surface area (Å²) in [5.41, 5.74) is 7.32. The summed E-state index contributed by atoms with van der Waals surface area (Å²) in [5, 5.41) is 2.71. The highest BCUT2D eigenvalue weighted by atomic mass is 32.1. The van der Waals surface area contributed by atoms with Crippen LogP contribution in [-0.4, -0.2) is 36.0 Å². The minimum absolute atomic E-state index is 0.103. The molecule has 6 heteroatoms. The Balaban J connectivity index is 2.10. The summed E-state index contributed by atoms with van der Waals surface area (Å²) in [6.07, 6.45) is 3.37. The second-order valence-electron chi connectivity index (χ2n) is 4.61. The summed E-state index contributed by atoms with van der Waals surface area (Å²) in [4.78, 5) is 18.3. The number of thiocarbonyl (C=S) groups is 1. The van der Waals surface area contributed by atoms with E-state index in [0.29, 0.717) is 10.7 Å². The number of nitrogens with zero attached hydrogens (tertiary/aromatic N) is 2. The number of nitrogens with two attached hydrogens (primary N) is 1. The van der Waals surface area contributed by atoms with Gasteiger partial charge in [0.2, 0.25) is 5.91 Å². The van der Waals surface area contributed by atoms with Gasteiger partial charge in [0.1, 0.15) is 10.7 Å². The second-order valence-corrected chi connectivity index (χ2v) is 5.05. The number of piperidine rings is 1. The van der Waals surface area contributed by atoms with E-state index in [4.69, 9.17) is 18.0 Å². The molecule has 1 aromatic rings. The highest BCUT2D eigenvalue weighted by Gasteiger charge is 2.25. The van der Waals surface area contributed by atoms with E-state index in [1.165, 1.54) is 0 Å². The monoisotopic (exact) mass is 278 g/mol. The van der Waals surface area contributed by atoms with Crippen LogP contribution in [0.5, 0.6) is 0 Å².